The van der Waals surface area contributed by atoms with Gasteiger partial charge in [0.15, 0.2) is 11.5 Å². The largest absolute Gasteiger partial charge is 0.454 e. The van der Waals surface area contributed by atoms with E-state index in [4.69, 9.17) is 9.47 Å². The quantitative estimate of drug-likeness (QED) is 0.805. The summed E-state index contributed by atoms with van der Waals surface area (Å²) in [5, 5.41) is 3.75. The lowest BCUT2D eigenvalue weighted by atomic mass is 9.88. The molecule has 3 rings (SSSR count). The topological polar surface area (TPSA) is 30.5 Å². The van der Waals surface area contributed by atoms with Gasteiger partial charge in [0.1, 0.15) is 0 Å². The van der Waals surface area contributed by atoms with Crippen molar-refractivity contribution in [3.8, 4) is 11.5 Å². The Kier molecular flexibility index (Phi) is 5.19. The number of para-hydroxylation sites is 1. The highest BCUT2D eigenvalue weighted by molar-refractivity contribution is 5.48. The van der Waals surface area contributed by atoms with Gasteiger partial charge in [0.25, 0.3) is 0 Å². The molecule has 3 nitrogen and oxygen atoms in total. The number of nitrogens with one attached hydrogen (secondary N) is 1. The molecule has 1 N–H and O–H groups in total. The minimum absolute atomic E-state index is 0.320. The molecule has 1 atom stereocenters. The highest BCUT2D eigenvalue weighted by atomic mass is 16.7. The van der Waals surface area contributed by atoms with E-state index in [-0.39, 0.29) is 0 Å². The average Bonchev–Trinajstić information content (AvgIpc) is 3.09. The van der Waals surface area contributed by atoms with Gasteiger partial charge in [0.2, 0.25) is 6.79 Å². The van der Waals surface area contributed by atoms with Crippen LogP contribution in [0.3, 0.4) is 0 Å². The fourth-order valence-corrected chi connectivity index (χ4v) is 3.33. The molecule has 0 aromatic heterocycles. The van der Waals surface area contributed by atoms with Crippen molar-refractivity contribution < 1.29 is 9.47 Å². The molecule has 122 valence electrons. The van der Waals surface area contributed by atoms with E-state index < -0.39 is 0 Å². The third-order valence-electron chi connectivity index (χ3n) is 4.67. The molecule has 1 unspecified atom stereocenters. The van der Waals surface area contributed by atoms with E-state index in [2.05, 4.69) is 55.6 Å². The predicted octanol–water partition coefficient (Wildman–Crippen LogP) is 4.68. The Morgan fingerprint density at radius 3 is 2.48 bits per heavy atom. The SMILES string of the molecule is CCC(CC)C(NCc1cccc2c1OCO2)c1ccccc1. The molecule has 0 fully saturated rings. The third kappa shape index (κ3) is 3.50. The lowest BCUT2D eigenvalue weighted by Crippen LogP contribution is -2.27. The molecule has 2 aromatic carbocycles. The van der Waals surface area contributed by atoms with Crippen LogP contribution in [0.1, 0.15) is 43.9 Å². The van der Waals surface area contributed by atoms with Crippen molar-refractivity contribution in [2.75, 3.05) is 6.79 Å². The van der Waals surface area contributed by atoms with Gasteiger partial charge in [-0.05, 0) is 17.5 Å². The van der Waals surface area contributed by atoms with Crippen LogP contribution < -0.4 is 14.8 Å². The third-order valence-corrected chi connectivity index (χ3v) is 4.67. The van der Waals surface area contributed by atoms with E-state index in [1.165, 1.54) is 5.56 Å². The maximum atomic E-state index is 5.62. The van der Waals surface area contributed by atoms with Crippen LogP contribution in [-0.2, 0) is 6.54 Å². The molecule has 0 saturated heterocycles. The fraction of sp³-hybridized carbons (Fsp3) is 0.400. The zero-order valence-electron chi connectivity index (χ0n) is 13.9. The van der Waals surface area contributed by atoms with Crippen molar-refractivity contribution in [2.45, 2.75) is 39.3 Å². The summed E-state index contributed by atoms with van der Waals surface area (Å²) in [6.45, 7) is 5.63. The number of hydrogen-bond acceptors (Lipinski definition) is 3. The maximum Gasteiger partial charge on any atom is 0.231 e. The van der Waals surface area contributed by atoms with Crippen molar-refractivity contribution in [3.05, 3.63) is 59.7 Å². The van der Waals surface area contributed by atoms with Gasteiger partial charge in [-0.15, -0.1) is 0 Å². The van der Waals surface area contributed by atoms with Crippen LogP contribution in [0.25, 0.3) is 0 Å². The molecule has 0 aliphatic carbocycles. The first-order chi connectivity index (χ1) is 11.3. The van der Waals surface area contributed by atoms with E-state index in [1.807, 2.05) is 12.1 Å². The second-order valence-electron chi connectivity index (χ2n) is 6.00. The highest BCUT2D eigenvalue weighted by Crippen LogP contribution is 2.36. The van der Waals surface area contributed by atoms with Crippen LogP contribution >= 0.6 is 0 Å². The molecule has 1 aliphatic heterocycles. The standard InChI is InChI=1S/C20H25NO2/c1-3-15(4-2)19(16-9-6-5-7-10-16)21-13-17-11-8-12-18-20(17)23-14-22-18/h5-12,15,19,21H,3-4,13-14H2,1-2H3. The lowest BCUT2D eigenvalue weighted by Gasteiger charge is -2.27. The summed E-state index contributed by atoms with van der Waals surface area (Å²) < 4.78 is 11.1. The molecule has 2 aromatic rings. The number of ether oxygens (including phenoxy) is 2. The summed E-state index contributed by atoms with van der Waals surface area (Å²) in [4.78, 5) is 0. The average molecular weight is 311 g/mol. The number of rotatable bonds is 7. The van der Waals surface area contributed by atoms with Gasteiger partial charge in [-0.25, -0.2) is 0 Å². The van der Waals surface area contributed by atoms with Crippen molar-refractivity contribution in [2.24, 2.45) is 5.92 Å². The monoisotopic (exact) mass is 311 g/mol. The van der Waals surface area contributed by atoms with Gasteiger partial charge in [-0.1, -0.05) is 69.2 Å². The van der Waals surface area contributed by atoms with Gasteiger partial charge >= 0.3 is 0 Å². The molecular weight excluding hydrogens is 286 g/mol. The van der Waals surface area contributed by atoms with Gasteiger partial charge in [-0.2, -0.15) is 0 Å². The van der Waals surface area contributed by atoms with E-state index >= 15 is 0 Å². The minimum Gasteiger partial charge on any atom is -0.454 e. The van der Waals surface area contributed by atoms with Gasteiger partial charge in [-0.3, -0.25) is 0 Å². The van der Waals surface area contributed by atoms with Gasteiger partial charge < -0.3 is 14.8 Å². The van der Waals surface area contributed by atoms with Crippen LogP contribution in [-0.4, -0.2) is 6.79 Å². The van der Waals surface area contributed by atoms with Crippen LogP contribution in [0.2, 0.25) is 0 Å². The van der Waals surface area contributed by atoms with E-state index in [0.717, 1.165) is 36.4 Å². The summed E-state index contributed by atoms with van der Waals surface area (Å²) in [7, 11) is 0. The molecule has 0 radical (unpaired) electrons. The smallest absolute Gasteiger partial charge is 0.231 e. The lowest BCUT2D eigenvalue weighted by molar-refractivity contribution is 0.173. The van der Waals surface area contributed by atoms with Gasteiger partial charge in [0.05, 0.1) is 0 Å². The van der Waals surface area contributed by atoms with Crippen molar-refractivity contribution >= 4 is 0 Å². The first-order valence-corrected chi connectivity index (χ1v) is 8.49. The minimum atomic E-state index is 0.320. The molecule has 23 heavy (non-hydrogen) atoms. The summed E-state index contributed by atoms with van der Waals surface area (Å²) in [5.74, 6) is 2.35. The van der Waals surface area contributed by atoms with Crippen LogP contribution in [0, 0.1) is 5.92 Å². The first-order valence-electron chi connectivity index (χ1n) is 8.49. The van der Waals surface area contributed by atoms with E-state index in [9.17, 15) is 0 Å². The van der Waals surface area contributed by atoms with E-state index in [0.29, 0.717) is 18.8 Å². The molecule has 0 spiro atoms. The Labute approximate surface area is 138 Å². The fourth-order valence-electron chi connectivity index (χ4n) is 3.33. The van der Waals surface area contributed by atoms with Crippen LogP contribution in [0.15, 0.2) is 48.5 Å². The molecule has 0 amide bonds. The second-order valence-corrected chi connectivity index (χ2v) is 6.00. The Bertz CT molecular complexity index is 623. The number of fused-ring (bicyclic) bond motifs is 1. The summed E-state index contributed by atoms with van der Waals surface area (Å²) in [6, 6.07) is 17.2. The number of benzene rings is 2. The molecule has 0 bridgehead atoms. The Morgan fingerprint density at radius 2 is 1.74 bits per heavy atom. The normalized spacial score (nSPS) is 14.2. The van der Waals surface area contributed by atoms with Crippen molar-refractivity contribution in [1.29, 1.82) is 0 Å². The first kappa shape index (κ1) is 15.9. The zero-order valence-corrected chi connectivity index (χ0v) is 13.9. The van der Waals surface area contributed by atoms with Crippen molar-refractivity contribution in [3.63, 3.8) is 0 Å². The molecular formula is C20H25NO2. The molecule has 0 saturated carbocycles. The van der Waals surface area contributed by atoms with Crippen molar-refractivity contribution in [1.82, 2.24) is 5.32 Å². The molecule has 1 aliphatic rings. The highest BCUT2D eigenvalue weighted by Gasteiger charge is 2.22. The van der Waals surface area contributed by atoms with Crippen LogP contribution in [0.4, 0.5) is 0 Å². The molecule has 3 heteroatoms. The maximum absolute atomic E-state index is 5.62. The van der Waals surface area contributed by atoms with Gasteiger partial charge in [0, 0.05) is 18.2 Å². The summed E-state index contributed by atoms with van der Waals surface area (Å²) >= 11 is 0. The summed E-state index contributed by atoms with van der Waals surface area (Å²) in [5.41, 5.74) is 2.51. The zero-order chi connectivity index (χ0) is 16.1. The van der Waals surface area contributed by atoms with E-state index in [1.54, 1.807) is 0 Å². The molecule has 1 heterocycles. The Hall–Kier alpha value is -2.00. The Morgan fingerprint density at radius 1 is 0.957 bits per heavy atom. The van der Waals surface area contributed by atoms with Crippen LogP contribution in [0.5, 0.6) is 11.5 Å². The summed E-state index contributed by atoms with van der Waals surface area (Å²) in [6.07, 6.45) is 2.32. The number of hydrogen-bond donors (Lipinski definition) is 1. The predicted molar refractivity (Wildman–Crippen MR) is 92.7 cm³/mol. The second kappa shape index (κ2) is 7.51. The Balaban J connectivity index is 1.78.